The number of ketones is 1. The lowest BCUT2D eigenvalue weighted by atomic mass is 9.75. The number of likely N-dealkylation sites (tertiary alicyclic amines) is 1. The Hall–Kier alpha value is -2.70. The first-order valence-electron chi connectivity index (χ1n) is 17.2. The van der Waals surface area contributed by atoms with E-state index in [1.54, 1.807) is 20.8 Å². The van der Waals surface area contributed by atoms with Crippen molar-refractivity contribution in [3.8, 4) is 0 Å². The third-order valence-corrected chi connectivity index (χ3v) is 13.1. The minimum Gasteiger partial charge on any atom is -0.363 e. The number of sulfone groups is 1. The lowest BCUT2D eigenvalue weighted by molar-refractivity contribution is -0.143. The van der Waals surface area contributed by atoms with Crippen LogP contribution in [-0.2, 0) is 29.0 Å². The molecule has 0 bridgehead atoms. The molecule has 1 aliphatic heterocycles. The Morgan fingerprint density at radius 3 is 1.96 bits per heavy atom. The number of urea groups is 1. The van der Waals surface area contributed by atoms with E-state index < -0.39 is 73.2 Å². The van der Waals surface area contributed by atoms with Gasteiger partial charge in [-0.2, -0.15) is 0 Å². The fraction of sp³-hybridized carbons (Fsp3) is 0.853. The van der Waals surface area contributed by atoms with E-state index in [0.29, 0.717) is 25.7 Å². The Bertz CT molecular complexity index is 1280. The van der Waals surface area contributed by atoms with Gasteiger partial charge in [0.05, 0.1) is 22.1 Å². The van der Waals surface area contributed by atoms with Gasteiger partial charge in [0.2, 0.25) is 17.6 Å². The molecule has 1 aliphatic carbocycles. The van der Waals surface area contributed by atoms with E-state index in [1.807, 2.05) is 34.6 Å². The topological polar surface area (TPSA) is 185 Å². The van der Waals surface area contributed by atoms with Crippen molar-refractivity contribution >= 4 is 39.4 Å². The van der Waals surface area contributed by atoms with Crippen LogP contribution in [-0.4, -0.2) is 83.6 Å². The number of amides is 5. The van der Waals surface area contributed by atoms with Crippen LogP contribution in [0.15, 0.2) is 0 Å². The summed E-state index contributed by atoms with van der Waals surface area (Å²) in [7, 11) is -3.57. The average Bonchev–Trinajstić information content (AvgIpc) is 3.40. The number of Topliss-reactive ketones (excluding diaryl/α,β-unsaturated/α-hetero) is 1. The minimum absolute atomic E-state index is 0.0498. The summed E-state index contributed by atoms with van der Waals surface area (Å²) in [6.07, 6.45) is 5.40. The number of nitrogens with one attached hydrogen (secondary N) is 3. The molecule has 0 aromatic carbocycles. The molecule has 1 unspecified atom stereocenters. The summed E-state index contributed by atoms with van der Waals surface area (Å²) in [6.45, 7) is 18.7. The van der Waals surface area contributed by atoms with E-state index in [-0.39, 0.29) is 30.1 Å². The average molecular weight is 684 g/mol. The molecular weight excluding hydrogens is 622 g/mol. The first kappa shape index (κ1) is 40.5. The molecule has 5 N–H and O–H groups in total. The smallest absolute Gasteiger partial charge is 0.315 e. The van der Waals surface area contributed by atoms with Gasteiger partial charge in [0.1, 0.15) is 12.1 Å². The van der Waals surface area contributed by atoms with Crippen molar-refractivity contribution in [1.82, 2.24) is 20.9 Å². The predicted octanol–water partition coefficient (Wildman–Crippen LogP) is 3.61. The van der Waals surface area contributed by atoms with E-state index in [9.17, 15) is 32.4 Å². The molecule has 1 saturated heterocycles. The lowest BCUT2D eigenvalue weighted by Crippen LogP contribution is -2.63. The zero-order valence-corrected chi connectivity index (χ0v) is 31.2. The summed E-state index contributed by atoms with van der Waals surface area (Å²) in [5.74, 6) is -3.27. The van der Waals surface area contributed by atoms with Gasteiger partial charge in [0.25, 0.3) is 5.91 Å². The van der Waals surface area contributed by atoms with Crippen LogP contribution in [0.2, 0.25) is 0 Å². The standard InChI is InChI=1S/C34H61N5O7S/c1-11-16-23(25(40)27(35)41)36-28(42)24-19-22(33(9,10)12-2)20-39(24)29(43)26(31(3,4)5)37-30(44)38-34(17-14-13-15-18-34)21-47(45,46)32(6,7)8/h22-24,26H,11-21H2,1-10H3,(H2,35,41)(H,36,42)(H2,37,38,44)/t22-,23?,24+,26-/m1/s1. The minimum atomic E-state index is -3.57. The summed E-state index contributed by atoms with van der Waals surface area (Å²) in [6, 6.07) is -3.72. The Morgan fingerprint density at radius 2 is 1.49 bits per heavy atom. The van der Waals surface area contributed by atoms with Crippen LogP contribution in [0.1, 0.15) is 127 Å². The van der Waals surface area contributed by atoms with Crippen LogP contribution < -0.4 is 21.7 Å². The fourth-order valence-electron chi connectivity index (χ4n) is 6.52. The molecule has 13 heteroatoms. The van der Waals surface area contributed by atoms with Gasteiger partial charge in [-0.05, 0) is 63.2 Å². The molecular formula is C34H61N5O7S. The molecule has 47 heavy (non-hydrogen) atoms. The van der Waals surface area contributed by atoms with Crippen LogP contribution >= 0.6 is 0 Å². The monoisotopic (exact) mass is 683 g/mol. The summed E-state index contributed by atoms with van der Waals surface area (Å²) < 4.78 is 25.6. The predicted molar refractivity (Wildman–Crippen MR) is 183 cm³/mol. The van der Waals surface area contributed by atoms with Gasteiger partial charge in [-0.1, -0.05) is 80.6 Å². The first-order chi connectivity index (χ1) is 21.4. The second-order valence-electron chi connectivity index (χ2n) is 16.5. The Kier molecular flexibility index (Phi) is 13.1. The van der Waals surface area contributed by atoms with E-state index in [2.05, 4.69) is 29.8 Å². The van der Waals surface area contributed by atoms with Crippen LogP contribution in [0.25, 0.3) is 0 Å². The molecule has 2 aliphatic rings. The van der Waals surface area contributed by atoms with E-state index in [1.165, 1.54) is 4.90 Å². The zero-order chi connectivity index (χ0) is 36.2. The van der Waals surface area contributed by atoms with Crippen molar-refractivity contribution < 1.29 is 32.4 Å². The lowest BCUT2D eigenvalue weighted by Gasteiger charge is -2.41. The van der Waals surface area contributed by atoms with E-state index >= 15 is 0 Å². The number of nitrogens with zero attached hydrogens (tertiary/aromatic N) is 1. The number of carbonyl (C=O) groups excluding carboxylic acids is 5. The Balaban J connectivity index is 2.43. The number of nitrogens with two attached hydrogens (primary N) is 1. The summed E-state index contributed by atoms with van der Waals surface area (Å²) in [5, 5.41) is 8.54. The maximum atomic E-state index is 14.5. The largest absolute Gasteiger partial charge is 0.363 e. The van der Waals surface area contributed by atoms with Crippen LogP contribution in [0.5, 0.6) is 0 Å². The van der Waals surface area contributed by atoms with Crippen molar-refractivity contribution in [2.45, 2.75) is 155 Å². The number of hydrogen-bond donors (Lipinski definition) is 4. The van der Waals surface area contributed by atoms with Crippen LogP contribution in [0, 0.1) is 16.7 Å². The molecule has 270 valence electrons. The SMILES string of the molecule is CCCC(NC(=O)[C@@H]1C[C@@H](C(C)(C)CC)CN1C(=O)[C@@H](NC(=O)NC1(CS(=O)(=O)C(C)(C)C)CCCCC1)C(C)(C)C)C(=O)C(N)=O. The molecule has 0 aromatic heterocycles. The van der Waals surface area contributed by atoms with Gasteiger partial charge < -0.3 is 26.6 Å². The molecule has 0 aromatic rings. The zero-order valence-electron chi connectivity index (χ0n) is 30.4. The summed E-state index contributed by atoms with van der Waals surface area (Å²) >= 11 is 0. The molecule has 5 amide bonds. The highest BCUT2D eigenvalue weighted by Crippen LogP contribution is 2.41. The van der Waals surface area contributed by atoms with Gasteiger partial charge in [-0.15, -0.1) is 0 Å². The molecule has 2 rings (SSSR count). The maximum Gasteiger partial charge on any atom is 0.315 e. The number of hydrogen-bond acceptors (Lipinski definition) is 7. The molecule has 2 fully saturated rings. The second kappa shape index (κ2) is 15.2. The van der Waals surface area contributed by atoms with E-state index in [0.717, 1.165) is 25.7 Å². The van der Waals surface area contributed by atoms with Crippen molar-refractivity contribution in [2.24, 2.45) is 22.5 Å². The second-order valence-corrected chi connectivity index (χ2v) is 19.2. The third kappa shape index (κ3) is 10.2. The van der Waals surface area contributed by atoms with E-state index in [4.69, 9.17) is 5.73 Å². The van der Waals surface area contributed by atoms with Gasteiger partial charge in [-0.3, -0.25) is 19.2 Å². The van der Waals surface area contributed by atoms with Crippen LogP contribution in [0.3, 0.4) is 0 Å². The molecule has 0 spiro atoms. The fourth-order valence-corrected chi connectivity index (χ4v) is 8.04. The first-order valence-corrected chi connectivity index (χ1v) is 18.8. The van der Waals surface area contributed by atoms with Gasteiger partial charge in [0, 0.05) is 6.54 Å². The van der Waals surface area contributed by atoms with Gasteiger partial charge >= 0.3 is 6.03 Å². The highest BCUT2D eigenvalue weighted by molar-refractivity contribution is 7.92. The third-order valence-electron chi connectivity index (χ3n) is 10.3. The number of primary amides is 1. The normalized spacial score (nSPS) is 21.8. The van der Waals surface area contributed by atoms with Gasteiger partial charge in [0.15, 0.2) is 9.84 Å². The highest BCUT2D eigenvalue weighted by atomic mass is 32.2. The van der Waals surface area contributed by atoms with Crippen molar-refractivity contribution in [3.63, 3.8) is 0 Å². The molecule has 12 nitrogen and oxygen atoms in total. The number of rotatable bonds is 13. The van der Waals surface area contributed by atoms with Crippen molar-refractivity contribution in [3.05, 3.63) is 0 Å². The number of carbonyl (C=O) groups is 5. The van der Waals surface area contributed by atoms with Crippen LogP contribution in [0.4, 0.5) is 4.79 Å². The quantitative estimate of drug-likeness (QED) is 0.214. The van der Waals surface area contributed by atoms with Crippen molar-refractivity contribution in [1.29, 1.82) is 0 Å². The Morgan fingerprint density at radius 1 is 0.915 bits per heavy atom. The highest BCUT2D eigenvalue weighted by Gasteiger charge is 2.49. The summed E-state index contributed by atoms with van der Waals surface area (Å²) in [5.41, 5.74) is 3.29. The van der Waals surface area contributed by atoms with Crippen molar-refractivity contribution in [2.75, 3.05) is 12.3 Å². The summed E-state index contributed by atoms with van der Waals surface area (Å²) in [4.78, 5) is 67.6. The van der Waals surface area contributed by atoms with Gasteiger partial charge in [-0.25, -0.2) is 13.2 Å². The maximum absolute atomic E-state index is 14.5. The molecule has 1 heterocycles. The molecule has 0 radical (unpaired) electrons. The Labute approximate surface area is 282 Å². The molecule has 1 saturated carbocycles. The molecule has 4 atom stereocenters.